The van der Waals surface area contributed by atoms with Crippen molar-refractivity contribution in [1.82, 2.24) is 19.7 Å². The van der Waals surface area contributed by atoms with Gasteiger partial charge in [-0.3, -0.25) is 0 Å². The van der Waals surface area contributed by atoms with Crippen LogP contribution in [0.3, 0.4) is 0 Å². The van der Waals surface area contributed by atoms with Gasteiger partial charge in [0.05, 0.1) is 11.3 Å². The molecular formula is C14H21N5O. The molecule has 0 amide bonds. The summed E-state index contributed by atoms with van der Waals surface area (Å²) in [7, 11) is 1.85. The van der Waals surface area contributed by atoms with Crippen molar-refractivity contribution in [3.05, 3.63) is 23.1 Å². The zero-order chi connectivity index (χ0) is 14.7. The third-order valence-corrected chi connectivity index (χ3v) is 2.92. The number of aromatic nitrogens is 4. The van der Waals surface area contributed by atoms with Gasteiger partial charge in [0.2, 0.25) is 11.8 Å². The maximum Gasteiger partial charge on any atom is 0.229 e. The van der Waals surface area contributed by atoms with Crippen LogP contribution in [0.25, 0.3) is 0 Å². The summed E-state index contributed by atoms with van der Waals surface area (Å²) >= 11 is 0. The highest BCUT2D eigenvalue weighted by Gasteiger charge is 2.13. The molecule has 0 spiro atoms. The second-order valence-corrected chi connectivity index (χ2v) is 4.83. The molecule has 0 aliphatic heterocycles. The molecule has 0 aliphatic rings. The maximum atomic E-state index is 5.87. The number of nitrogens with zero attached hydrogens (tertiary/aromatic N) is 4. The first-order valence-electron chi connectivity index (χ1n) is 6.79. The van der Waals surface area contributed by atoms with Crippen LogP contribution in [-0.2, 0) is 7.05 Å². The summed E-state index contributed by atoms with van der Waals surface area (Å²) < 4.78 is 7.57. The van der Waals surface area contributed by atoms with E-state index in [1.54, 1.807) is 4.68 Å². The minimum absolute atomic E-state index is 0.569. The quantitative estimate of drug-likeness (QED) is 0.909. The van der Waals surface area contributed by atoms with E-state index in [1.807, 2.05) is 33.9 Å². The third kappa shape index (κ3) is 3.07. The fourth-order valence-electron chi connectivity index (χ4n) is 1.90. The van der Waals surface area contributed by atoms with Gasteiger partial charge in [0.1, 0.15) is 11.6 Å². The van der Waals surface area contributed by atoms with E-state index in [9.17, 15) is 0 Å². The van der Waals surface area contributed by atoms with Crippen molar-refractivity contribution in [2.45, 2.75) is 34.1 Å². The van der Waals surface area contributed by atoms with E-state index >= 15 is 0 Å². The molecule has 20 heavy (non-hydrogen) atoms. The van der Waals surface area contributed by atoms with Gasteiger partial charge in [0.15, 0.2) is 0 Å². The first-order valence-corrected chi connectivity index (χ1v) is 6.79. The Hall–Kier alpha value is -2.11. The van der Waals surface area contributed by atoms with Crippen molar-refractivity contribution in [2.24, 2.45) is 7.05 Å². The van der Waals surface area contributed by atoms with Crippen molar-refractivity contribution in [1.29, 1.82) is 0 Å². The highest BCUT2D eigenvalue weighted by atomic mass is 16.5. The molecule has 0 bridgehead atoms. The van der Waals surface area contributed by atoms with E-state index in [4.69, 9.17) is 4.74 Å². The summed E-state index contributed by atoms with van der Waals surface area (Å²) in [6, 6.07) is 1.88. The van der Waals surface area contributed by atoms with Crippen molar-refractivity contribution in [3.63, 3.8) is 0 Å². The molecule has 0 aromatic carbocycles. The normalized spacial score (nSPS) is 10.7. The second kappa shape index (κ2) is 5.90. The lowest BCUT2D eigenvalue weighted by atomic mass is 10.3. The van der Waals surface area contributed by atoms with Gasteiger partial charge in [-0.15, -0.1) is 0 Å². The number of ether oxygens (including phenoxy) is 1. The molecule has 0 radical (unpaired) electrons. The molecular weight excluding hydrogens is 254 g/mol. The molecule has 0 saturated carbocycles. The monoisotopic (exact) mass is 275 g/mol. The topological polar surface area (TPSA) is 64.9 Å². The van der Waals surface area contributed by atoms with Crippen molar-refractivity contribution < 1.29 is 4.74 Å². The van der Waals surface area contributed by atoms with Crippen LogP contribution in [0.5, 0.6) is 11.8 Å². The molecule has 0 fully saturated rings. The van der Waals surface area contributed by atoms with Gasteiger partial charge in [0.25, 0.3) is 0 Å². The maximum absolute atomic E-state index is 5.87. The Kier molecular flexibility index (Phi) is 4.22. The minimum atomic E-state index is 0.569. The zero-order valence-electron chi connectivity index (χ0n) is 12.7. The summed E-state index contributed by atoms with van der Waals surface area (Å²) in [6.45, 7) is 8.74. The average Bonchev–Trinajstić information content (AvgIpc) is 2.70. The molecule has 108 valence electrons. The van der Waals surface area contributed by atoms with Gasteiger partial charge >= 0.3 is 0 Å². The number of hydrogen-bond acceptors (Lipinski definition) is 5. The van der Waals surface area contributed by atoms with Crippen LogP contribution >= 0.6 is 0 Å². The number of aryl methyl sites for hydroxylation is 3. The number of anilines is 1. The highest BCUT2D eigenvalue weighted by Crippen LogP contribution is 2.27. The molecule has 2 aromatic rings. The van der Waals surface area contributed by atoms with Gasteiger partial charge in [0, 0.05) is 19.7 Å². The molecule has 2 rings (SSSR count). The standard InChI is InChI=1S/C14H21N5O/c1-6-7-15-13-10(3)14(17-11(4)16-13)20-12-8-9(2)18-19(12)5/h8H,6-7H2,1-5H3,(H,15,16,17). The van der Waals surface area contributed by atoms with Crippen LogP contribution < -0.4 is 10.1 Å². The fraction of sp³-hybridized carbons (Fsp3) is 0.500. The van der Waals surface area contributed by atoms with Crippen molar-refractivity contribution in [2.75, 3.05) is 11.9 Å². The Morgan fingerprint density at radius 3 is 2.60 bits per heavy atom. The second-order valence-electron chi connectivity index (χ2n) is 4.83. The van der Waals surface area contributed by atoms with Crippen LogP contribution in [-0.4, -0.2) is 26.3 Å². The number of hydrogen-bond donors (Lipinski definition) is 1. The van der Waals surface area contributed by atoms with Gasteiger partial charge in [-0.25, -0.2) is 9.67 Å². The minimum Gasteiger partial charge on any atom is -0.420 e. The Morgan fingerprint density at radius 1 is 1.25 bits per heavy atom. The van der Waals surface area contributed by atoms with Crippen molar-refractivity contribution >= 4 is 5.82 Å². The van der Waals surface area contributed by atoms with Gasteiger partial charge < -0.3 is 10.1 Å². The van der Waals surface area contributed by atoms with Gasteiger partial charge in [-0.05, 0) is 27.2 Å². The fourth-order valence-corrected chi connectivity index (χ4v) is 1.90. The largest absolute Gasteiger partial charge is 0.420 e. The van der Waals surface area contributed by atoms with Crippen LogP contribution in [0.1, 0.15) is 30.4 Å². The Labute approximate surface area is 119 Å². The summed E-state index contributed by atoms with van der Waals surface area (Å²) in [5, 5.41) is 7.56. The molecule has 6 nitrogen and oxygen atoms in total. The molecule has 0 unspecified atom stereocenters. The molecule has 6 heteroatoms. The van der Waals surface area contributed by atoms with E-state index in [-0.39, 0.29) is 0 Å². The van der Waals surface area contributed by atoms with Crippen LogP contribution in [0.15, 0.2) is 6.07 Å². The molecule has 0 atom stereocenters. The van der Waals surface area contributed by atoms with Gasteiger partial charge in [-0.1, -0.05) is 6.92 Å². The first-order chi connectivity index (χ1) is 9.51. The zero-order valence-corrected chi connectivity index (χ0v) is 12.7. The van der Waals surface area contributed by atoms with E-state index in [0.29, 0.717) is 17.6 Å². The summed E-state index contributed by atoms with van der Waals surface area (Å²) in [5.41, 5.74) is 1.82. The highest BCUT2D eigenvalue weighted by molar-refractivity contribution is 5.49. The lowest BCUT2D eigenvalue weighted by molar-refractivity contribution is 0.410. The smallest absolute Gasteiger partial charge is 0.229 e. The number of nitrogens with one attached hydrogen (secondary N) is 1. The van der Waals surface area contributed by atoms with Crippen LogP contribution in [0.2, 0.25) is 0 Å². The van der Waals surface area contributed by atoms with E-state index in [2.05, 4.69) is 27.3 Å². The first kappa shape index (κ1) is 14.3. The van der Waals surface area contributed by atoms with E-state index < -0.39 is 0 Å². The average molecular weight is 275 g/mol. The molecule has 0 aliphatic carbocycles. The summed E-state index contributed by atoms with van der Waals surface area (Å²) in [6.07, 6.45) is 1.04. The lowest BCUT2D eigenvalue weighted by Gasteiger charge is -2.12. The Balaban J connectivity index is 2.31. The van der Waals surface area contributed by atoms with Gasteiger partial charge in [-0.2, -0.15) is 10.1 Å². The predicted octanol–water partition coefficient (Wildman–Crippen LogP) is 2.75. The molecule has 1 N–H and O–H groups in total. The SMILES string of the molecule is CCCNc1nc(C)nc(Oc2cc(C)nn2C)c1C. The summed E-state index contributed by atoms with van der Waals surface area (Å²) in [4.78, 5) is 8.79. The molecule has 2 aromatic heterocycles. The Bertz CT molecular complexity index is 606. The molecule has 2 heterocycles. The van der Waals surface area contributed by atoms with E-state index in [0.717, 1.165) is 30.0 Å². The third-order valence-electron chi connectivity index (χ3n) is 2.92. The lowest BCUT2D eigenvalue weighted by Crippen LogP contribution is -2.08. The van der Waals surface area contributed by atoms with Crippen molar-refractivity contribution in [3.8, 4) is 11.8 Å². The van der Waals surface area contributed by atoms with Crippen LogP contribution in [0, 0.1) is 20.8 Å². The van der Waals surface area contributed by atoms with E-state index in [1.165, 1.54) is 0 Å². The number of rotatable bonds is 5. The Morgan fingerprint density at radius 2 is 2.00 bits per heavy atom. The summed E-state index contributed by atoms with van der Waals surface area (Å²) in [5.74, 6) is 2.75. The van der Waals surface area contributed by atoms with Crippen LogP contribution in [0.4, 0.5) is 5.82 Å². The predicted molar refractivity (Wildman–Crippen MR) is 78.3 cm³/mol. The molecule has 0 saturated heterocycles.